The van der Waals surface area contributed by atoms with Crippen molar-refractivity contribution in [1.82, 2.24) is 0 Å². The van der Waals surface area contributed by atoms with Gasteiger partial charge >= 0.3 is 0 Å². The van der Waals surface area contributed by atoms with Crippen LogP contribution in [0.3, 0.4) is 0 Å². The van der Waals surface area contributed by atoms with E-state index in [9.17, 15) is 0 Å². The molecule has 0 bridgehead atoms. The van der Waals surface area contributed by atoms with Crippen LogP contribution in [0.15, 0.2) is 48.5 Å². The third-order valence-corrected chi connectivity index (χ3v) is 3.65. The third kappa shape index (κ3) is 3.40. The highest BCUT2D eigenvalue weighted by Gasteiger charge is 2.15. The van der Waals surface area contributed by atoms with Crippen molar-refractivity contribution in [2.45, 2.75) is 26.2 Å². The molecule has 0 heterocycles. The highest BCUT2D eigenvalue weighted by atomic mass is 16.5. The summed E-state index contributed by atoms with van der Waals surface area (Å²) in [5.41, 5.74) is 9.87. The molecule has 0 fully saturated rings. The Kier molecular flexibility index (Phi) is 5.19. The Morgan fingerprint density at radius 1 is 1.05 bits per heavy atom. The summed E-state index contributed by atoms with van der Waals surface area (Å²) in [5.74, 6) is 1.31. The zero-order valence-electron chi connectivity index (χ0n) is 12.3. The molecular formula is C18H23NO. The maximum absolute atomic E-state index is 6.00. The van der Waals surface area contributed by atoms with Crippen molar-refractivity contribution in [1.29, 1.82) is 0 Å². The third-order valence-electron chi connectivity index (χ3n) is 3.65. The molecule has 0 aromatic heterocycles. The molecule has 2 aromatic carbocycles. The molecule has 2 heteroatoms. The highest BCUT2D eigenvalue weighted by Crippen LogP contribution is 2.27. The van der Waals surface area contributed by atoms with Crippen molar-refractivity contribution in [2.75, 3.05) is 13.2 Å². The number of rotatable bonds is 6. The van der Waals surface area contributed by atoms with E-state index in [0.717, 1.165) is 12.2 Å². The van der Waals surface area contributed by atoms with E-state index in [0.29, 0.717) is 19.1 Å². The fourth-order valence-corrected chi connectivity index (χ4v) is 2.60. The predicted molar refractivity (Wildman–Crippen MR) is 84.3 cm³/mol. The Morgan fingerprint density at radius 2 is 1.75 bits per heavy atom. The maximum Gasteiger partial charge on any atom is 0.122 e. The standard InChI is InChI=1S/C18H23NO/c1-3-20-18-11-7-5-9-15(18)12-16(13-19)17-10-6-4-8-14(17)2/h4-11,16H,3,12-13,19H2,1-2H3. The van der Waals surface area contributed by atoms with E-state index in [-0.39, 0.29) is 0 Å². The summed E-state index contributed by atoms with van der Waals surface area (Å²) < 4.78 is 5.71. The molecule has 0 saturated carbocycles. The van der Waals surface area contributed by atoms with Gasteiger partial charge in [-0.05, 0) is 49.6 Å². The fraction of sp³-hybridized carbons (Fsp3) is 0.333. The molecule has 106 valence electrons. The van der Waals surface area contributed by atoms with Crippen molar-refractivity contribution < 1.29 is 4.74 Å². The van der Waals surface area contributed by atoms with Crippen LogP contribution >= 0.6 is 0 Å². The molecule has 0 radical (unpaired) electrons. The first-order valence-corrected chi connectivity index (χ1v) is 7.22. The smallest absolute Gasteiger partial charge is 0.122 e. The summed E-state index contributed by atoms with van der Waals surface area (Å²) in [7, 11) is 0. The number of benzene rings is 2. The number of hydrogen-bond donors (Lipinski definition) is 1. The molecule has 0 aliphatic rings. The average molecular weight is 269 g/mol. The van der Waals surface area contributed by atoms with E-state index in [1.807, 2.05) is 19.1 Å². The van der Waals surface area contributed by atoms with Gasteiger partial charge in [0.05, 0.1) is 6.61 Å². The quantitative estimate of drug-likeness (QED) is 0.868. The molecule has 0 saturated heterocycles. The van der Waals surface area contributed by atoms with Crippen LogP contribution in [0.4, 0.5) is 0 Å². The number of hydrogen-bond acceptors (Lipinski definition) is 2. The predicted octanol–water partition coefficient (Wildman–Crippen LogP) is 3.68. The Labute approximate surface area is 121 Å². The van der Waals surface area contributed by atoms with Crippen LogP contribution in [0.5, 0.6) is 5.75 Å². The molecule has 2 nitrogen and oxygen atoms in total. The lowest BCUT2D eigenvalue weighted by Gasteiger charge is -2.19. The van der Waals surface area contributed by atoms with Crippen LogP contribution in [-0.4, -0.2) is 13.2 Å². The van der Waals surface area contributed by atoms with Crippen LogP contribution in [0.2, 0.25) is 0 Å². The first-order valence-electron chi connectivity index (χ1n) is 7.22. The Morgan fingerprint density at radius 3 is 2.45 bits per heavy atom. The summed E-state index contributed by atoms with van der Waals surface area (Å²) in [6, 6.07) is 16.7. The van der Waals surface area contributed by atoms with E-state index >= 15 is 0 Å². The first-order chi connectivity index (χ1) is 9.76. The minimum Gasteiger partial charge on any atom is -0.494 e. The Bertz CT molecular complexity index is 551. The summed E-state index contributed by atoms with van der Waals surface area (Å²) in [6.07, 6.45) is 0.914. The summed E-state index contributed by atoms with van der Waals surface area (Å²) in [4.78, 5) is 0. The molecule has 2 aromatic rings. The zero-order chi connectivity index (χ0) is 14.4. The molecule has 20 heavy (non-hydrogen) atoms. The molecule has 0 aliphatic heterocycles. The molecule has 0 spiro atoms. The largest absolute Gasteiger partial charge is 0.494 e. The molecule has 0 amide bonds. The van der Waals surface area contributed by atoms with Gasteiger partial charge in [-0.1, -0.05) is 42.5 Å². The van der Waals surface area contributed by atoms with Crippen LogP contribution in [0, 0.1) is 6.92 Å². The maximum atomic E-state index is 6.00. The SMILES string of the molecule is CCOc1ccccc1CC(CN)c1ccccc1C. The monoisotopic (exact) mass is 269 g/mol. The number of para-hydroxylation sites is 1. The number of aryl methyl sites for hydroxylation is 1. The first kappa shape index (κ1) is 14.6. The van der Waals surface area contributed by atoms with E-state index < -0.39 is 0 Å². The van der Waals surface area contributed by atoms with Gasteiger partial charge in [-0.15, -0.1) is 0 Å². The van der Waals surface area contributed by atoms with Gasteiger partial charge in [0, 0.05) is 5.92 Å². The fourth-order valence-electron chi connectivity index (χ4n) is 2.60. The normalized spacial score (nSPS) is 12.2. The van der Waals surface area contributed by atoms with E-state index in [4.69, 9.17) is 10.5 Å². The topological polar surface area (TPSA) is 35.2 Å². The molecule has 0 aliphatic carbocycles. The van der Waals surface area contributed by atoms with E-state index in [1.165, 1.54) is 16.7 Å². The van der Waals surface area contributed by atoms with E-state index in [2.05, 4.69) is 43.3 Å². The second-order valence-corrected chi connectivity index (χ2v) is 5.03. The second kappa shape index (κ2) is 7.11. The lowest BCUT2D eigenvalue weighted by atomic mass is 9.89. The highest BCUT2D eigenvalue weighted by molar-refractivity contribution is 5.37. The lowest BCUT2D eigenvalue weighted by Crippen LogP contribution is -2.16. The number of nitrogens with two attached hydrogens (primary N) is 1. The van der Waals surface area contributed by atoms with Gasteiger partial charge in [0.25, 0.3) is 0 Å². The second-order valence-electron chi connectivity index (χ2n) is 5.03. The van der Waals surface area contributed by atoms with Gasteiger partial charge < -0.3 is 10.5 Å². The molecule has 1 unspecified atom stereocenters. The van der Waals surface area contributed by atoms with Gasteiger partial charge in [0.15, 0.2) is 0 Å². The average Bonchev–Trinajstić information content (AvgIpc) is 2.47. The van der Waals surface area contributed by atoms with Crippen molar-refractivity contribution in [3.05, 3.63) is 65.2 Å². The van der Waals surface area contributed by atoms with Crippen LogP contribution in [-0.2, 0) is 6.42 Å². The van der Waals surface area contributed by atoms with Crippen molar-refractivity contribution in [3.8, 4) is 5.75 Å². The molecule has 1 atom stereocenters. The summed E-state index contributed by atoms with van der Waals surface area (Å²) >= 11 is 0. The summed E-state index contributed by atoms with van der Waals surface area (Å²) in [5, 5.41) is 0. The van der Waals surface area contributed by atoms with Gasteiger partial charge in [-0.2, -0.15) is 0 Å². The number of ether oxygens (including phenoxy) is 1. The van der Waals surface area contributed by atoms with Crippen molar-refractivity contribution in [3.63, 3.8) is 0 Å². The van der Waals surface area contributed by atoms with Gasteiger partial charge in [-0.25, -0.2) is 0 Å². The van der Waals surface area contributed by atoms with Crippen LogP contribution < -0.4 is 10.5 Å². The summed E-state index contributed by atoms with van der Waals surface area (Å²) in [6.45, 7) is 5.49. The lowest BCUT2D eigenvalue weighted by molar-refractivity contribution is 0.335. The van der Waals surface area contributed by atoms with Crippen LogP contribution in [0.1, 0.15) is 29.5 Å². The van der Waals surface area contributed by atoms with Gasteiger partial charge in [0.1, 0.15) is 5.75 Å². The Balaban J connectivity index is 2.25. The van der Waals surface area contributed by atoms with Crippen LogP contribution in [0.25, 0.3) is 0 Å². The molecule has 2 N–H and O–H groups in total. The van der Waals surface area contributed by atoms with Gasteiger partial charge in [-0.3, -0.25) is 0 Å². The Hall–Kier alpha value is -1.80. The minimum absolute atomic E-state index is 0.331. The zero-order valence-corrected chi connectivity index (χ0v) is 12.3. The van der Waals surface area contributed by atoms with Crippen molar-refractivity contribution >= 4 is 0 Å². The van der Waals surface area contributed by atoms with Crippen molar-refractivity contribution in [2.24, 2.45) is 5.73 Å². The molecular weight excluding hydrogens is 246 g/mol. The molecule has 2 rings (SSSR count). The van der Waals surface area contributed by atoms with Gasteiger partial charge in [0.2, 0.25) is 0 Å². The minimum atomic E-state index is 0.331. The van der Waals surface area contributed by atoms with E-state index in [1.54, 1.807) is 0 Å².